The Hall–Kier alpha value is -3.75. The molecule has 15 nitrogen and oxygen atoms in total. The molecule has 0 aliphatic rings. The van der Waals surface area contributed by atoms with Crippen LogP contribution in [0.25, 0.3) is 0 Å². The van der Waals surface area contributed by atoms with Gasteiger partial charge in [-0.05, 0) is 0 Å². The van der Waals surface area contributed by atoms with Gasteiger partial charge in [-0.2, -0.15) is 0 Å². The summed E-state index contributed by atoms with van der Waals surface area (Å²) in [6, 6.07) is 0. The van der Waals surface area contributed by atoms with Crippen molar-refractivity contribution in [3.05, 3.63) is 0 Å². The summed E-state index contributed by atoms with van der Waals surface area (Å²) >= 11 is 0. The highest BCUT2D eigenvalue weighted by molar-refractivity contribution is 5.87. The van der Waals surface area contributed by atoms with E-state index in [1.165, 1.54) is 0 Å². The van der Waals surface area contributed by atoms with E-state index in [2.05, 4.69) is 31.9 Å². The number of carboxylic acid groups (broad SMARTS) is 1. The molecule has 0 unspecified atom stereocenters. The lowest BCUT2D eigenvalue weighted by Crippen LogP contribution is -2.41. The summed E-state index contributed by atoms with van der Waals surface area (Å²) in [6.45, 7) is -1.28. The van der Waals surface area contributed by atoms with Crippen molar-refractivity contribution in [2.45, 2.75) is 19.3 Å². The van der Waals surface area contributed by atoms with Crippen molar-refractivity contribution in [2.75, 3.05) is 45.8 Å². The zero-order valence-corrected chi connectivity index (χ0v) is 17.5. The summed E-state index contributed by atoms with van der Waals surface area (Å²) < 4.78 is 0. The van der Waals surface area contributed by atoms with Crippen molar-refractivity contribution < 1.29 is 38.7 Å². The van der Waals surface area contributed by atoms with Crippen LogP contribution < -0.4 is 37.6 Å². The van der Waals surface area contributed by atoms with Crippen LogP contribution in [-0.4, -0.2) is 92.3 Å². The minimum atomic E-state index is -1.18. The minimum Gasteiger partial charge on any atom is -0.480 e. The van der Waals surface area contributed by atoms with Crippen molar-refractivity contribution in [2.24, 2.45) is 5.73 Å². The molecule has 0 bridgehead atoms. The van der Waals surface area contributed by atoms with Gasteiger partial charge in [0.05, 0.1) is 19.6 Å². The second kappa shape index (κ2) is 17.0. The maximum atomic E-state index is 11.6. The lowest BCUT2D eigenvalue weighted by molar-refractivity contribution is -0.138. The predicted molar refractivity (Wildman–Crippen MR) is 109 cm³/mol. The Morgan fingerprint density at radius 3 is 1.19 bits per heavy atom. The van der Waals surface area contributed by atoms with E-state index in [0.29, 0.717) is 0 Å². The van der Waals surface area contributed by atoms with Gasteiger partial charge < -0.3 is 42.7 Å². The second-order valence-electron chi connectivity index (χ2n) is 6.23. The average Bonchev–Trinajstić information content (AvgIpc) is 2.74. The molecule has 0 saturated carbocycles. The quantitative estimate of drug-likeness (QED) is 0.110. The fourth-order valence-corrected chi connectivity index (χ4v) is 1.94. The van der Waals surface area contributed by atoms with E-state index < -0.39 is 48.0 Å². The highest BCUT2D eigenvalue weighted by Gasteiger charge is 2.09. The van der Waals surface area contributed by atoms with Crippen LogP contribution in [0.4, 0.5) is 0 Å². The van der Waals surface area contributed by atoms with Gasteiger partial charge in [0.25, 0.3) is 0 Å². The number of hydrogen-bond acceptors (Lipinski definition) is 8. The van der Waals surface area contributed by atoms with Crippen molar-refractivity contribution in [1.29, 1.82) is 0 Å². The molecule has 180 valence electrons. The summed E-state index contributed by atoms with van der Waals surface area (Å²) in [6.07, 6.45) is -0.232. The van der Waals surface area contributed by atoms with E-state index >= 15 is 0 Å². The molecule has 0 spiro atoms. The molecule has 0 atom stereocenters. The molecular weight excluding hydrogens is 430 g/mol. The van der Waals surface area contributed by atoms with Crippen LogP contribution >= 0.6 is 0 Å². The maximum Gasteiger partial charge on any atom is 0.322 e. The number of hydrogen-bond donors (Lipinski definition) is 8. The number of carboxylic acids is 1. The number of carbonyl (C=O) groups excluding carboxylic acids is 6. The fraction of sp³-hybridized carbons (Fsp3) is 0.588. The van der Waals surface area contributed by atoms with Crippen LogP contribution in [0, 0.1) is 0 Å². The van der Waals surface area contributed by atoms with E-state index in [4.69, 9.17) is 10.8 Å². The summed E-state index contributed by atoms with van der Waals surface area (Å²) in [7, 11) is 0. The molecule has 0 aliphatic heterocycles. The predicted octanol–water partition coefficient (Wildman–Crippen LogP) is -5.10. The standard InChI is InChI=1S/C17H29N7O8/c18-7-14(28)19-4-1-11(25)22-8-15(29)20-5-2-12(26)23-9-16(30)21-6-3-13(27)24-10-17(31)32/h1-10,18H2,(H,19,28)(H,20,29)(H,21,30)(H,22,25)(H,23,26)(H,24,27)(H,31,32). The Morgan fingerprint density at radius 1 is 0.500 bits per heavy atom. The topological polar surface area (TPSA) is 238 Å². The molecule has 0 aromatic carbocycles. The lowest BCUT2D eigenvalue weighted by atomic mass is 10.3. The van der Waals surface area contributed by atoms with Crippen molar-refractivity contribution >= 4 is 41.4 Å². The molecule has 0 fully saturated rings. The molecule has 32 heavy (non-hydrogen) atoms. The number of aliphatic carboxylic acids is 1. The van der Waals surface area contributed by atoms with E-state index in [9.17, 15) is 33.6 Å². The Balaban J connectivity index is 3.76. The first-order valence-electron chi connectivity index (χ1n) is 9.66. The smallest absolute Gasteiger partial charge is 0.322 e. The number of rotatable bonds is 16. The molecule has 0 saturated heterocycles. The van der Waals surface area contributed by atoms with Crippen molar-refractivity contribution in [1.82, 2.24) is 31.9 Å². The normalized spacial score (nSPS) is 9.78. The highest BCUT2D eigenvalue weighted by Crippen LogP contribution is 1.81. The van der Waals surface area contributed by atoms with Gasteiger partial charge in [0.15, 0.2) is 0 Å². The van der Waals surface area contributed by atoms with Gasteiger partial charge >= 0.3 is 5.97 Å². The first kappa shape index (κ1) is 28.2. The van der Waals surface area contributed by atoms with Gasteiger partial charge in [-0.15, -0.1) is 0 Å². The van der Waals surface area contributed by atoms with Crippen molar-refractivity contribution in [3.8, 4) is 0 Å². The number of nitrogens with two attached hydrogens (primary N) is 1. The van der Waals surface area contributed by atoms with Crippen LogP contribution in [0.15, 0.2) is 0 Å². The fourth-order valence-electron chi connectivity index (χ4n) is 1.94. The summed E-state index contributed by atoms with van der Waals surface area (Å²) in [5.74, 6) is -4.13. The molecule has 0 heterocycles. The van der Waals surface area contributed by atoms with E-state index in [-0.39, 0.29) is 58.5 Å². The molecule has 0 aromatic heterocycles. The summed E-state index contributed by atoms with van der Waals surface area (Å²) in [5, 5.41) is 22.4. The minimum absolute atomic E-state index is 0.0154. The average molecular weight is 459 g/mol. The lowest BCUT2D eigenvalue weighted by Gasteiger charge is -2.09. The number of amides is 6. The van der Waals surface area contributed by atoms with Gasteiger partial charge in [0.2, 0.25) is 35.4 Å². The zero-order chi connectivity index (χ0) is 24.4. The monoisotopic (exact) mass is 459 g/mol. The molecule has 0 aromatic rings. The third-order valence-corrected chi connectivity index (χ3v) is 3.54. The Morgan fingerprint density at radius 2 is 0.844 bits per heavy atom. The van der Waals surface area contributed by atoms with Crippen LogP contribution in [0.2, 0.25) is 0 Å². The van der Waals surface area contributed by atoms with Crippen molar-refractivity contribution in [3.63, 3.8) is 0 Å². The molecule has 0 aliphatic carbocycles. The summed E-state index contributed by atoms with van der Waals surface area (Å²) in [4.78, 5) is 78.8. The van der Waals surface area contributed by atoms with Crippen LogP contribution in [-0.2, 0) is 33.6 Å². The molecule has 15 heteroatoms. The van der Waals surface area contributed by atoms with Crippen LogP contribution in [0.1, 0.15) is 19.3 Å². The first-order chi connectivity index (χ1) is 15.1. The van der Waals surface area contributed by atoms with Gasteiger partial charge in [-0.1, -0.05) is 0 Å². The molecule has 6 amide bonds. The Labute approximate surface area is 183 Å². The van der Waals surface area contributed by atoms with Crippen LogP contribution in [0.5, 0.6) is 0 Å². The third-order valence-electron chi connectivity index (χ3n) is 3.54. The molecule has 0 radical (unpaired) electrons. The SMILES string of the molecule is NCC(=O)NCCC(=O)NCC(=O)NCCC(=O)NCC(=O)NCCC(=O)NCC(=O)O. The van der Waals surface area contributed by atoms with Gasteiger partial charge in [-0.25, -0.2) is 0 Å². The zero-order valence-electron chi connectivity index (χ0n) is 17.5. The second-order valence-corrected chi connectivity index (χ2v) is 6.23. The first-order valence-corrected chi connectivity index (χ1v) is 9.66. The largest absolute Gasteiger partial charge is 0.480 e. The maximum absolute atomic E-state index is 11.6. The summed E-state index contributed by atoms with van der Waals surface area (Å²) in [5.41, 5.74) is 5.09. The Bertz CT molecular complexity index is 698. The molecule has 0 rings (SSSR count). The van der Waals surface area contributed by atoms with Gasteiger partial charge in [-0.3, -0.25) is 33.6 Å². The third kappa shape index (κ3) is 17.1. The van der Waals surface area contributed by atoms with Crippen LogP contribution in [0.3, 0.4) is 0 Å². The number of carbonyl (C=O) groups is 7. The van der Waals surface area contributed by atoms with E-state index in [1.54, 1.807) is 0 Å². The molecule has 9 N–H and O–H groups in total. The Kier molecular flexibility index (Phi) is 15.0. The number of nitrogens with one attached hydrogen (secondary N) is 6. The van der Waals surface area contributed by atoms with E-state index in [1.807, 2.05) is 0 Å². The highest BCUT2D eigenvalue weighted by atomic mass is 16.4. The van der Waals surface area contributed by atoms with Gasteiger partial charge in [0.1, 0.15) is 6.54 Å². The molecular formula is C17H29N7O8. The van der Waals surface area contributed by atoms with Gasteiger partial charge in [0, 0.05) is 38.9 Å². The van der Waals surface area contributed by atoms with E-state index in [0.717, 1.165) is 0 Å².